The number of hydrogen-bond donors (Lipinski definition) is 3. The minimum Gasteiger partial charge on any atom is -0.477 e. The van der Waals surface area contributed by atoms with Crippen LogP contribution in [-0.4, -0.2) is 73.6 Å². The Labute approximate surface area is 323 Å². The van der Waals surface area contributed by atoms with E-state index in [1.165, 1.54) is 11.8 Å². The van der Waals surface area contributed by atoms with Crippen LogP contribution < -0.4 is 10.6 Å². The van der Waals surface area contributed by atoms with Crippen molar-refractivity contribution in [2.45, 2.75) is 49.8 Å². The van der Waals surface area contributed by atoms with Gasteiger partial charge in [0.2, 0.25) is 5.60 Å². The fraction of sp³-hybridized carbons (Fsp3) is 0.237. The Morgan fingerprint density at radius 2 is 1.54 bits per heavy atom. The molecule has 0 aliphatic carbocycles. The van der Waals surface area contributed by atoms with Crippen molar-refractivity contribution in [3.63, 3.8) is 0 Å². The molecule has 4 aromatic rings. The van der Waals surface area contributed by atoms with E-state index >= 15 is 0 Å². The highest BCUT2D eigenvalue weighted by atomic mass is 35.5. The number of carboxylic acid groups (broad SMARTS) is 1. The van der Waals surface area contributed by atoms with Crippen molar-refractivity contribution < 1.29 is 38.7 Å². The Kier molecular flexibility index (Phi) is 11.2. The van der Waals surface area contributed by atoms with Crippen molar-refractivity contribution in [2.24, 2.45) is 5.16 Å². The summed E-state index contributed by atoms with van der Waals surface area (Å²) < 4.78 is 5.32. The number of aldehydes is 1. The number of rotatable bonds is 12. The molecule has 3 heterocycles. The highest BCUT2D eigenvalue weighted by Gasteiger charge is 2.54. The second-order valence-electron chi connectivity index (χ2n) is 13.1. The fourth-order valence-corrected chi connectivity index (χ4v) is 8.42. The molecule has 278 valence electrons. The largest absolute Gasteiger partial charge is 0.477 e. The van der Waals surface area contributed by atoms with Crippen LogP contribution in [0.5, 0.6) is 0 Å². The Balaban J connectivity index is 1.43. The lowest BCUT2D eigenvalue weighted by Crippen LogP contribution is -2.71. The molecule has 2 aliphatic heterocycles. The van der Waals surface area contributed by atoms with E-state index < -0.39 is 52.2 Å². The monoisotopic (exact) mass is 787 g/mol. The third-order valence-corrected chi connectivity index (χ3v) is 10.8. The fourth-order valence-electron chi connectivity index (χ4n) is 6.03. The second-order valence-corrected chi connectivity index (χ2v) is 15.8. The molecule has 0 bridgehead atoms. The molecule has 3 aromatic carbocycles. The van der Waals surface area contributed by atoms with Crippen molar-refractivity contribution >= 4 is 75.7 Å². The third kappa shape index (κ3) is 7.74. The van der Waals surface area contributed by atoms with E-state index in [2.05, 4.69) is 20.8 Å². The number of halogens is 1. The number of thioether (sulfide) groups is 1. The van der Waals surface area contributed by atoms with Crippen LogP contribution in [0, 0.1) is 0 Å². The van der Waals surface area contributed by atoms with Crippen LogP contribution in [-0.2, 0) is 34.4 Å². The number of fused-ring (bicyclic) bond motifs is 1. The van der Waals surface area contributed by atoms with Crippen molar-refractivity contribution in [1.82, 2.24) is 15.2 Å². The number of aromatic nitrogens is 1. The molecule has 1 fully saturated rings. The van der Waals surface area contributed by atoms with Crippen LogP contribution in [0.4, 0.5) is 9.93 Å². The maximum atomic E-state index is 14.4. The van der Waals surface area contributed by atoms with Gasteiger partial charge in [-0.1, -0.05) is 119 Å². The van der Waals surface area contributed by atoms with E-state index in [4.69, 9.17) is 21.2 Å². The Morgan fingerprint density at radius 1 is 0.981 bits per heavy atom. The van der Waals surface area contributed by atoms with E-state index in [9.17, 15) is 29.1 Å². The molecule has 3 amide bonds. The Bertz CT molecular complexity index is 2040. The number of carbonyl (C=O) groups excluding carboxylic acids is 4. The standard InChI is InChI=1S/C38H34ClN5O8S2/c1-37(2,3)51-36(50)42-35-41-26(30(39)54-35)27(31(46)40-28-32(47)44-29(34(48)49)22(19-20-45)21-53-33(28)44)43-52-38(23-13-7-4-8-14-23,24-15-9-5-10-16-24)25-17-11-6-12-18-25/h4-18,20,28,33H,19,21H2,1-3H3,(H,40,46)(H,48,49)(H,41,42,50)/b43-27+/t28-,33-/m1/s1. The quantitative estimate of drug-likeness (QED) is 0.0494. The lowest BCUT2D eigenvalue weighted by Gasteiger charge is -2.49. The number of aliphatic carboxylic acids is 1. The molecule has 0 saturated carbocycles. The van der Waals surface area contributed by atoms with Crippen molar-refractivity contribution in [1.29, 1.82) is 0 Å². The van der Waals surface area contributed by atoms with Gasteiger partial charge < -0.3 is 24.8 Å². The number of anilines is 1. The Hall–Kier alpha value is -5.51. The number of benzene rings is 3. The summed E-state index contributed by atoms with van der Waals surface area (Å²) in [5, 5.41) is 18.8. The Morgan fingerprint density at radius 3 is 2.04 bits per heavy atom. The van der Waals surface area contributed by atoms with Gasteiger partial charge in [0.25, 0.3) is 11.8 Å². The number of thiazole rings is 1. The van der Waals surface area contributed by atoms with Crippen LogP contribution in [0.25, 0.3) is 0 Å². The van der Waals surface area contributed by atoms with E-state index in [0.717, 1.165) is 16.2 Å². The first-order valence-corrected chi connectivity index (χ1v) is 18.8. The highest BCUT2D eigenvalue weighted by Crippen LogP contribution is 2.43. The van der Waals surface area contributed by atoms with Gasteiger partial charge in [-0.25, -0.2) is 14.6 Å². The predicted octanol–water partition coefficient (Wildman–Crippen LogP) is 6.18. The van der Waals surface area contributed by atoms with Crippen LogP contribution in [0.2, 0.25) is 4.34 Å². The zero-order chi connectivity index (χ0) is 38.6. The lowest BCUT2D eigenvalue weighted by atomic mass is 9.80. The smallest absolute Gasteiger partial charge is 0.413 e. The molecule has 0 unspecified atom stereocenters. The molecule has 54 heavy (non-hydrogen) atoms. The van der Waals surface area contributed by atoms with Gasteiger partial charge in [-0.2, -0.15) is 0 Å². The summed E-state index contributed by atoms with van der Waals surface area (Å²) in [6, 6.07) is 26.7. The van der Waals surface area contributed by atoms with Gasteiger partial charge >= 0.3 is 12.1 Å². The van der Waals surface area contributed by atoms with Gasteiger partial charge in [0, 0.05) is 28.9 Å². The number of ether oxygens (including phenoxy) is 1. The molecule has 0 spiro atoms. The molecule has 13 nitrogen and oxygen atoms in total. The van der Waals surface area contributed by atoms with Gasteiger partial charge in [0.15, 0.2) is 10.8 Å². The van der Waals surface area contributed by atoms with Crippen molar-refractivity contribution in [3.8, 4) is 0 Å². The van der Waals surface area contributed by atoms with Gasteiger partial charge in [-0.3, -0.25) is 19.8 Å². The highest BCUT2D eigenvalue weighted by molar-refractivity contribution is 8.00. The summed E-state index contributed by atoms with van der Waals surface area (Å²) in [4.78, 5) is 75.9. The molecule has 1 aromatic heterocycles. The molecule has 16 heteroatoms. The van der Waals surface area contributed by atoms with Crippen LogP contribution in [0.3, 0.4) is 0 Å². The summed E-state index contributed by atoms with van der Waals surface area (Å²) in [7, 11) is 0. The summed E-state index contributed by atoms with van der Waals surface area (Å²) in [6.07, 6.45) is -0.375. The number of hydrogen-bond acceptors (Lipinski definition) is 11. The van der Waals surface area contributed by atoms with Gasteiger partial charge in [-0.05, 0) is 26.3 Å². The number of carbonyl (C=O) groups is 5. The van der Waals surface area contributed by atoms with Gasteiger partial charge in [-0.15, -0.1) is 11.8 Å². The first-order valence-electron chi connectivity index (χ1n) is 16.6. The third-order valence-electron chi connectivity index (χ3n) is 8.31. The first-order chi connectivity index (χ1) is 25.8. The average Bonchev–Trinajstić information content (AvgIpc) is 3.50. The van der Waals surface area contributed by atoms with E-state index in [1.807, 2.05) is 91.0 Å². The number of carboxylic acids is 1. The molecule has 3 N–H and O–H groups in total. The number of nitrogens with one attached hydrogen (secondary N) is 2. The lowest BCUT2D eigenvalue weighted by molar-refractivity contribution is -0.150. The molecular weight excluding hydrogens is 754 g/mol. The maximum absolute atomic E-state index is 14.4. The zero-order valence-corrected chi connectivity index (χ0v) is 31.5. The molecular formula is C38H34ClN5O8S2. The molecule has 1 saturated heterocycles. The summed E-state index contributed by atoms with van der Waals surface area (Å²) in [6.45, 7) is 5.09. The topological polar surface area (TPSA) is 177 Å². The molecule has 6 rings (SSSR count). The van der Waals surface area contributed by atoms with E-state index in [1.54, 1.807) is 20.8 Å². The number of amides is 3. The number of β-lactam (4-membered cyclic amide) rings is 1. The zero-order valence-electron chi connectivity index (χ0n) is 29.1. The number of nitrogens with zero attached hydrogens (tertiary/aromatic N) is 3. The summed E-state index contributed by atoms with van der Waals surface area (Å²) in [5.74, 6) is -2.79. The van der Waals surface area contributed by atoms with E-state index in [-0.39, 0.29) is 33.0 Å². The second kappa shape index (κ2) is 15.8. The first kappa shape index (κ1) is 38.2. The molecule has 2 atom stereocenters. The molecule has 2 aliphatic rings. The summed E-state index contributed by atoms with van der Waals surface area (Å²) in [5.41, 5.74) is -0.790. The van der Waals surface area contributed by atoms with Crippen molar-refractivity contribution in [3.05, 3.63) is 129 Å². The predicted molar refractivity (Wildman–Crippen MR) is 204 cm³/mol. The molecule has 0 radical (unpaired) electrons. The van der Waals surface area contributed by atoms with E-state index in [0.29, 0.717) is 28.5 Å². The van der Waals surface area contributed by atoms with Gasteiger partial charge in [0.05, 0.1) is 0 Å². The summed E-state index contributed by atoms with van der Waals surface area (Å²) >= 11 is 8.75. The van der Waals surface area contributed by atoms with Crippen LogP contribution in [0.15, 0.2) is 107 Å². The SMILES string of the molecule is CC(C)(C)OC(=O)Nc1nc(/C(=N\OC(c2ccccc2)(c2ccccc2)c2ccccc2)C(=O)N[C@@H]2C(=O)N3C(C(=O)O)=C(CC=O)CS[C@H]23)c(Cl)s1. The van der Waals surface area contributed by atoms with Crippen LogP contribution in [0.1, 0.15) is 49.6 Å². The van der Waals surface area contributed by atoms with Crippen LogP contribution >= 0.6 is 34.7 Å². The number of oxime groups is 1. The normalized spacial score (nSPS) is 17.2. The average molecular weight is 788 g/mol. The maximum Gasteiger partial charge on any atom is 0.413 e. The minimum absolute atomic E-state index is 0.00197. The van der Waals surface area contributed by atoms with Crippen molar-refractivity contribution in [2.75, 3.05) is 11.1 Å². The minimum atomic E-state index is -1.42. The van der Waals surface area contributed by atoms with Gasteiger partial charge in [0.1, 0.15) is 39.0 Å².